The van der Waals surface area contributed by atoms with Gasteiger partial charge in [-0.3, -0.25) is 14.4 Å². The maximum atomic E-state index is 12.9. The molecule has 0 saturated heterocycles. The first-order chi connectivity index (χ1) is 39.0. The quantitative estimate of drug-likeness (QED) is 0.0343. The first kappa shape index (κ1) is 77.4. The molecule has 0 aliphatic heterocycles. The molecule has 6 nitrogen and oxygen atoms in total. The highest BCUT2D eigenvalue weighted by Crippen LogP contribution is 2.20. The predicted octanol–water partition coefficient (Wildman–Crippen LogP) is 25.0. The van der Waals surface area contributed by atoms with Crippen LogP contribution in [-0.4, -0.2) is 37.2 Å². The van der Waals surface area contributed by atoms with E-state index in [2.05, 4.69) is 20.8 Å². The fourth-order valence-electron chi connectivity index (χ4n) is 11.6. The number of hydrogen-bond acceptors (Lipinski definition) is 6. The van der Waals surface area contributed by atoms with Crippen LogP contribution < -0.4 is 0 Å². The van der Waals surface area contributed by atoms with Crippen molar-refractivity contribution < 1.29 is 28.6 Å². The summed E-state index contributed by atoms with van der Waals surface area (Å²) in [5.41, 5.74) is 0. The van der Waals surface area contributed by atoms with Gasteiger partial charge in [0.15, 0.2) is 6.10 Å². The lowest BCUT2D eigenvalue weighted by atomic mass is 10.0. The van der Waals surface area contributed by atoms with E-state index < -0.39 is 6.10 Å². The lowest BCUT2D eigenvalue weighted by Gasteiger charge is -2.18. The summed E-state index contributed by atoms with van der Waals surface area (Å²) in [7, 11) is 0. The molecule has 79 heavy (non-hydrogen) atoms. The van der Waals surface area contributed by atoms with Crippen molar-refractivity contribution >= 4 is 17.9 Å². The third-order valence-electron chi connectivity index (χ3n) is 17.1. The van der Waals surface area contributed by atoms with Crippen molar-refractivity contribution in [1.82, 2.24) is 0 Å². The second kappa shape index (κ2) is 68.9. The summed E-state index contributed by atoms with van der Waals surface area (Å²) in [6.45, 7) is 6.72. The Kier molecular flexibility index (Phi) is 67.5. The molecule has 0 aromatic carbocycles. The molecular weight excluding hydrogens is 973 g/mol. The van der Waals surface area contributed by atoms with Gasteiger partial charge in [0, 0.05) is 19.3 Å². The van der Waals surface area contributed by atoms with E-state index >= 15 is 0 Å². The largest absolute Gasteiger partial charge is 0.462 e. The Bertz CT molecular complexity index is 1190. The molecule has 0 saturated carbocycles. The van der Waals surface area contributed by atoms with Crippen molar-refractivity contribution in [3.05, 3.63) is 0 Å². The van der Waals surface area contributed by atoms with E-state index in [0.29, 0.717) is 19.3 Å². The number of unbranched alkanes of at least 4 members (excludes halogenated alkanes) is 58. The summed E-state index contributed by atoms with van der Waals surface area (Å²) in [6, 6.07) is 0. The molecule has 0 spiro atoms. The van der Waals surface area contributed by atoms with Crippen LogP contribution in [0.2, 0.25) is 0 Å². The minimum Gasteiger partial charge on any atom is -0.462 e. The van der Waals surface area contributed by atoms with E-state index in [4.69, 9.17) is 14.2 Å². The summed E-state index contributed by atoms with van der Waals surface area (Å²) in [5, 5.41) is 0. The maximum Gasteiger partial charge on any atom is 0.306 e. The highest BCUT2D eigenvalue weighted by molar-refractivity contribution is 5.71. The number of hydrogen-bond donors (Lipinski definition) is 0. The lowest BCUT2D eigenvalue weighted by molar-refractivity contribution is -0.167. The Morgan fingerprint density at radius 3 is 0.506 bits per heavy atom. The van der Waals surface area contributed by atoms with Gasteiger partial charge in [0.25, 0.3) is 0 Å². The van der Waals surface area contributed by atoms with Gasteiger partial charge in [-0.05, 0) is 19.3 Å². The monoisotopic (exact) mass is 1120 g/mol. The van der Waals surface area contributed by atoms with Gasteiger partial charge in [-0.15, -0.1) is 0 Å². The first-order valence-corrected chi connectivity index (χ1v) is 36.5. The Hall–Kier alpha value is -1.59. The Labute approximate surface area is 495 Å². The fourth-order valence-corrected chi connectivity index (χ4v) is 11.6. The van der Waals surface area contributed by atoms with Gasteiger partial charge < -0.3 is 14.2 Å². The molecule has 0 aromatic rings. The smallest absolute Gasteiger partial charge is 0.306 e. The third-order valence-corrected chi connectivity index (χ3v) is 17.1. The zero-order valence-electron chi connectivity index (χ0n) is 54.2. The van der Waals surface area contributed by atoms with E-state index in [9.17, 15) is 14.4 Å². The van der Waals surface area contributed by atoms with Crippen LogP contribution in [-0.2, 0) is 28.6 Å². The van der Waals surface area contributed by atoms with Crippen LogP contribution in [0.3, 0.4) is 0 Å². The zero-order valence-corrected chi connectivity index (χ0v) is 54.2. The normalized spacial score (nSPS) is 11.9. The van der Waals surface area contributed by atoms with Crippen LogP contribution in [0.5, 0.6) is 0 Å². The molecule has 470 valence electrons. The molecule has 0 bridgehead atoms. The van der Waals surface area contributed by atoms with Crippen molar-refractivity contribution in [2.45, 2.75) is 438 Å². The van der Waals surface area contributed by atoms with E-state index in [-0.39, 0.29) is 31.1 Å². The van der Waals surface area contributed by atoms with Crippen LogP contribution in [0.1, 0.15) is 432 Å². The average Bonchev–Trinajstić information content (AvgIpc) is 3.45. The van der Waals surface area contributed by atoms with Gasteiger partial charge >= 0.3 is 17.9 Å². The molecule has 0 radical (unpaired) electrons. The molecule has 0 rings (SSSR count). The Morgan fingerprint density at radius 1 is 0.203 bits per heavy atom. The van der Waals surface area contributed by atoms with Gasteiger partial charge in [0.1, 0.15) is 13.2 Å². The lowest BCUT2D eigenvalue weighted by Crippen LogP contribution is -2.30. The molecule has 0 aliphatic rings. The van der Waals surface area contributed by atoms with Gasteiger partial charge in [0.05, 0.1) is 0 Å². The minimum absolute atomic E-state index is 0.0607. The van der Waals surface area contributed by atoms with Gasteiger partial charge in [0.2, 0.25) is 0 Å². The zero-order chi connectivity index (χ0) is 57.1. The van der Waals surface area contributed by atoms with E-state index in [1.807, 2.05) is 0 Å². The number of carbonyl (C=O) groups is 3. The molecule has 0 aliphatic carbocycles. The topological polar surface area (TPSA) is 78.9 Å². The van der Waals surface area contributed by atoms with E-state index in [1.54, 1.807) is 0 Å². The van der Waals surface area contributed by atoms with Crippen LogP contribution in [0.4, 0.5) is 0 Å². The highest BCUT2D eigenvalue weighted by Gasteiger charge is 2.20. The molecule has 6 heteroatoms. The van der Waals surface area contributed by atoms with Crippen LogP contribution >= 0.6 is 0 Å². The molecule has 1 unspecified atom stereocenters. The molecule has 0 amide bonds. The fraction of sp³-hybridized carbons (Fsp3) is 0.959. The molecule has 0 aromatic heterocycles. The summed E-state index contributed by atoms with van der Waals surface area (Å²) < 4.78 is 16.9. The summed E-state index contributed by atoms with van der Waals surface area (Å²) in [5.74, 6) is -0.827. The summed E-state index contributed by atoms with van der Waals surface area (Å²) in [4.78, 5) is 38.3. The standard InChI is InChI=1S/C73H142O6/c1-4-7-10-13-16-19-21-23-25-27-29-31-32-33-34-35-36-37-38-39-40-41-42-44-45-47-49-51-54-57-60-63-66-72(75)78-69-70(68-77-71(74)65-62-59-56-53-18-15-12-9-6-3)79-73(76)67-64-61-58-55-52-50-48-46-43-30-28-26-24-22-20-17-14-11-8-5-2/h70H,4-69H2,1-3H3. The second-order valence-corrected chi connectivity index (χ2v) is 25.2. The minimum atomic E-state index is -0.762. The van der Waals surface area contributed by atoms with Gasteiger partial charge in [-0.2, -0.15) is 0 Å². The number of carbonyl (C=O) groups excluding carboxylic acids is 3. The molecule has 1 atom stereocenters. The second-order valence-electron chi connectivity index (χ2n) is 25.2. The van der Waals surface area contributed by atoms with Gasteiger partial charge in [-0.25, -0.2) is 0 Å². The number of ether oxygens (including phenoxy) is 3. The van der Waals surface area contributed by atoms with Crippen LogP contribution in [0, 0.1) is 0 Å². The first-order valence-electron chi connectivity index (χ1n) is 36.5. The third kappa shape index (κ3) is 67.1. The Morgan fingerprint density at radius 2 is 0.342 bits per heavy atom. The van der Waals surface area contributed by atoms with E-state index in [1.165, 1.54) is 334 Å². The molecule has 0 heterocycles. The summed E-state index contributed by atoms with van der Waals surface area (Å²) >= 11 is 0. The molecular formula is C73H142O6. The molecule has 0 N–H and O–H groups in total. The SMILES string of the molecule is CCCCCCCCCCCCCCCCCCCCCCCCCCCCCCCCCCC(=O)OCC(COC(=O)CCCCCCCCCCC)OC(=O)CCCCCCCCCCCCCCCCCCCCCC. The van der Waals surface area contributed by atoms with Gasteiger partial charge in [-0.1, -0.05) is 393 Å². The number of esters is 3. The predicted molar refractivity (Wildman–Crippen MR) is 344 cm³/mol. The Balaban J connectivity index is 4.00. The van der Waals surface area contributed by atoms with Crippen molar-refractivity contribution in [3.8, 4) is 0 Å². The van der Waals surface area contributed by atoms with E-state index in [0.717, 1.165) is 57.8 Å². The van der Waals surface area contributed by atoms with Crippen LogP contribution in [0.15, 0.2) is 0 Å². The average molecular weight is 1120 g/mol. The maximum absolute atomic E-state index is 12.9. The van der Waals surface area contributed by atoms with Crippen molar-refractivity contribution in [2.24, 2.45) is 0 Å². The van der Waals surface area contributed by atoms with Crippen molar-refractivity contribution in [2.75, 3.05) is 13.2 Å². The molecule has 0 fully saturated rings. The number of rotatable bonds is 69. The van der Waals surface area contributed by atoms with Crippen molar-refractivity contribution in [1.29, 1.82) is 0 Å². The van der Waals surface area contributed by atoms with Crippen molar-refractivity contribution in [3.63, 3.8) is 0 Å². The highest BCUT2D eigenvalue weighted by atomic mass is 16.6. The summed E-state index contributed by atoms with van der Waals surface area (Å²) in [6.07, 6.45) is 81.7. The van der Waals surface area contributed by atoms with Crippen LogP contribution in [0.25, 0.3) is 0 Å².